The summed E-state index contributed by atoms with van der Waals surface area (Å²) in [6.07, 6.45) is 0.870. The molecule has 8 heteroatoms. The van der Waals surface area contributed by atoms with E-state index >= 15 is 0 Å². The molecule has 2 aromatic heterocycles. The Balaban J connectivity index is 2.01. The molecule has 1 amide bonds. The molecule has 1 saturated heterocycles. The van der Waals surface area contributed by atoms with Crippen LogP contribution < -0.4 is 21.9 Å². The summed E-state index contributed by atoms with van der Waals surface area (Å²) >= 11 is 0. The largest absolute Gasteiger partial charge is 0.347 e. The average molecular weight is 289 g/mol. The summed E-state index contributed by atoms with van der Waals surface area (Å²) in [5.41, 5.74) is -0.249. The standard InChI is InChI=1S/C13H15N5O3/c1-6-4-8(11(19)15-7-2-3-14-5-7)16-10-9(6)12(20)18-13(21)17-10/h4,7,14H,2-3,5H2,1H3,(H,15,19)(H2,16,17,18,20,21). The SMILES string of the molecule is Cc1cc(C(=O)NC2CCNC2)nc2[nH]c(=O)[nH]c(=O)c12. The lowest BCUT2D eigenvalue weighted by Gasteiger charge is -2.11. The van der Waals surface area contributed by atoms with Gasteiger partial charge in [0.25, 0.3) is 11.5 Å². The zero-order chi connectivity index (χ0) is 15.0. The number of amides is 1. The molecule has 0 saturated carbocycles. The van der Waals surface area contributed by atoms with Crippen LogP contribution in [0.3, 0.4) is 0 Å². The Hall–Kier alpha value is -2.48. The number of carbonyl (C=O) groups is 1. The maximum Gasteiger partial charge on any atom is 0.327 e. The van der Waals surface area contributed by atoms with Crippen LogP contribution in [0.5, 0.6) is 0 Å². The number of aryl methyl sites for hydroxylation is 1. The molecule has 0 spiro atoms. The molecule has 1 aliphatic rings. The first kappa shape index (κ1) is 13.5. The first-order valence-corrected chi connectivity index (χ1v) is 6.70. The van der Waals surface area contributed by atoms with E-state index < -0.39 is 11.2 Å². The third-order valence-electron chi connectivity index (χ3n) is 3.53. The minimum Gasteiger partial charge on any atom is -0.347 e. The summed E-state index contributed by atoms with van der Waals surface area (Å²) < 4.78 is 0. The van der Waals surface area contributed by atoms with E-state index in [1.165, 1.54) is 0 Å². The molecule has 8 nitrogen and oxygen atoms in total. The third kappa shape index (κ3) is 2.57. The van der Waals surface area contributed by atoms with Gasteiger partial charge in [0.05, 0.1) is 5.39 Å². The molecular weight excluding hydrogens is 274 g/mol. The zero-order valence-corrected chi connectivity index (χ0v) is 11.4. The van der Waals surface area contributed by atoms with Crippen molar-refractivity contribution in [3.63, 3.8) is 0 Å². The fourth-order valence-corrected chi connectivity index (χ4v) is 2.51. The van der Waals surface area contributed by atoms with Gasteiger partial charge in [-0.2, -0.15) is 0 Å². The number of nitrogens with zero attached hydrogens (tertiary/aromatic N) is 1. The molecule has 3 heterocycles. The highest BCUT2D eigenvalue weighted by molar-refractivity contribution is 5.95. The number of rotatable bonds is 2. The van der Waals surface area contributed by atoms with Crippen molar-refractivity contribution in [2.45, 2.75) is 19.4 Å². The van der Waals surface area contributed by atoms with E-state index in [4.69, 9.17) is 0 Å². The summed E-state index contributed by atoms with van der Waals surface area (Å²) in [7, 11) is 0. The topological polar surface area (TPSA) is 120 Å². The van der Waals surface area contributed by atoms with Gasteiger partial charge in [-0.3, -0.25) is 19.6 Å². The van der Waals surface area contributed by atoms with Crippen molar-refractivity contribution in [1.29, 1.82) is 0 Å². The van der Waals surface area contributed by atoms with Gasteiger partial charge in [0.2, 0.25) is 0 Å². The Morgan fingerprint density at radius 2 is 2.19 bits per heavy atom. The second-order valence-electron chi connectivity index (χ2n) is 5.12. The van der Waals surface area contributed by atoms with E-state index in [1.54, 1.807) is 13.0 Å². The molecule has 1 aliphatic heterocycles. The fourth-order valence-electron chi connectivity index (χ4n) is 2.51. The van der Waals surface area contributed by atoms with Crippen molar-refractivity contribution in [1.82, 2.24) is 25.6 Å². The van der Waals surface area contributed by atoms with E-state index in [0.29, 0.717) is 5.56 Å². The molecule has 0 aromatic carbocycles. The van der Waals surface area contributed by atoms with Crippen molar-refractivity contribution >= 4 is 16.9 Å². The Labute approximate surface area is 119 Å². The van der Waals surface area contributed by atoms with Crippen molar-refractivity contribution < 1.29 is 4.79 Å². The van der Waals surface area contributed by atoms with Gasteiger partial charge in [0, 0.05) is 12.6 Å². The normalized spacial score (nSPS) is 18.0. The molecule has 110 valence electrons. The molecule has 4 N–H and O–H groups in total. The molecule has 1 unspecified atom stereocenters. The maximum atomic E-state index is 12.2. The van der Waals surface area contributed by atoms with E-state index in [0.717, 1.165) is 19.5 Å². The number of nitrogens with one attached hydrogen (secondary N) is 4. The Kier molecular flexibility index (Phi) is 3.30. The monoisotopic (exact) mass is 289 g/mol. The number of aromatic amines is 2. The summed E-state index contributed by atoms with van der Waals surface area (Å²) in [6.45, 7) is 3.30. The van der Waals surface area contributed by atoms with Crippen LogP contribution in [-0.2, 0) is 0 Å². The van der Waals surface area contributed by atoms with Gasteiger partial charge in [-0.25, -0.2) is 9.78 Å². The first-order chi connectivity index (χ1) is 10.0. The van der Waals surface area contributed by atoms with E-state index in [1.807, 2.05) is 0 Å². The number of fused-ring (bicyclic) bond motifs is 1. The number of carbonyl (C=O) groups excluding carboxylic acids is 1. The molecule has 1 atom stereocenters. The van der Waals surface area contributed by atoms with E-state index in [9.17, 15) is 14.4 Å². The highest BCUT2D eigenvalue weighted by Crippen LogP contribution is 2.11. The predicted molar refractivity (Wildman–Crippen MR) is 76.5 cm³/mol. The first-order valence-electron chi connectivity index (χ1n) is 6.70. The number of H-pyrrole nitrogens is 2. The van der Waals surface area contributed by atoms with Crippen LogP contribution in [0.1, 0.15) is 22.5 Å². The van der Waals surface area contributed by atoms with Crippen LogP contribution >= 0.6 is 0 Å². The molecule has 21 heavy (non-hydrogen) atoms. The third-order valence-corrected chi connectivity index (χ3v) is 3.53. The van der Waals surface area contributed by atoms with Crippen LogP contribution in [0.4, 0.5) is 0 Å². The van der Waals surface area contributed by atoms with Gasteiger partial charge in [-0.1, -0.05) is 0 Å². The molecule has 0 radical (unpaired) electrons. The predicted octanol–water partition coefficient (Wildman–Crippen LogP) is -0.988. The molecule has 2 aromatic rings. The molecule has 3 rings (SSSR count). The quantitative estimate of drug-likeness (QED) is 0.566. The lowest BCUT2D eigenvalue weighted by Crippen LogP contribution is -2.36. The van der Waals surface area contributed by atoms with Crippen LogP contribution in [-0.4, -0.2) is 40.0 Å². The fraction of sp³-hybridized carbons (Fsp3) is 0.385. The summed E-state index contributed by atoms with van der Waals surface area (Å²) in [5.74, 6) is -0.310. The van der Waals surface area contributed by atoms with Gasteiger partial charge in [0.1, 0.15) is 11.3 Å². The van der Waals surface area contributed by atoms with Gasteiger partial charge < -0.3 is 10.6 Å². The highest BCUT2D eigenvalue weighted by atomic mass is 16.2. The maximum absolute atomic E-state index is 12.2. The Morgan fingerprint density at radius 1 is 1.38 bits per heavy atom. The summed E-state index contributed by atoms with van der Waals surface area (Å²) in [5, 5.41) is 6.32. The number of aromatic nitrogens is 3. The van der Waals surface area contributed by atoms with E-state index in [-0.39, 0.29) is 28.7 Å². The van der Waals surface area contributed by atoms with Crippen molar-refractivity contribution in [2.75, 3.05) is 13.1 Å². The van der Waals surface area contributed by atoms with Crippen LogP contribution in [0.15, 0.2) is 15.7 Å². The van der Waals surface area contributed by atoms with Crippen molar-refractivity contribution in [3.8, 4) is 0 Å². The van der Waals surface area contributed by atoms with Gasteiger partial charge in [0.15, 0.2) is 0 Å². The van der Waals surface area contributed by atoms with Crippen molar-refractivity contribution in [2.24, 2.45) is 0 Å². The van der Waals surface area contributed by atoms with Crippen LogP contribution in [0.2, 0.25) is 0 Å². The number of hydrogen-bond acceptors (Lipinski definition) is 5. The number of hydrogen-bond donors (Lipinski definition) is 4. The Bertz CT molecular complexity index is 817. The summed E-state index contributed by atoms with van der Waals surface area (Å²) in [6, 6.07) is 1.63. The second kappa shape index (κ2) is 5.13. The van der Waals surface area contributed by atoms with Gasteiger partial charge in [-0.05, 0) is 31.5 Å². The average Bonchev–Trinajstić information content (AvgIpc) is 2.90. The summed E-state index contributed by atoms with van der Waals surface area (Å²) in [4.78, 5) is 43.9. The zero-order valence-electron chi connectivity index (χ0n) is 11.4. The minimum atomic E-state index is -0.642. The molecule has 0 bridgehead atoms. The second-order valence-corrected chi connectivity index (χ2v) is 5.12. The Morgan fingerprint density at radius 3 is 2.90 bits per heavy atom. The van der Waals surface area contributed by atoms with Gasteiger partial charge in [-0.15, -0.1) is 0 Å². The minimum absolute atomic E-state index is 0.0773. The lowest BCUT2D eigenvalue weighted by atomic mass is 10.1. The number of pyridine rings is 1. The smallest absolute Gasteiger partial charge is 0.327 e. The van der Waals surface area contributed by atoms with Gasteiger partial charge >= 0.3 is 5.69 Å². The highest BCUT2D eigenvalue weighted by Gasteiger charge is 2.19. The van der Waals surface area contributed by atoms with Crippen LogP contribution in [0, 0.1) is 6.92 Å². The molecule has 0 aliphatic carbocycles. The molecular formula is C13H15N5O3. The molecule has 1 fully saturated rings. The van der Waals surface area contributed by atoms with Crippen LogP contribution in [0.25, 0.3) is 11.0 Å². The van der Waals surface area contributed by atoms with Crippen molar-refractivity contribution in [3.05, 3.63) is 38.2 Å². The van der Waals surface area contributed by atoms with E-state index in [2.05, 4.69) is 25.6 Å². The lowest BCUT2D eigenvalue weighted by molar-refractivity contribution is 0.0935.